The van der Waals surface area contributed by atoms with Crippen LogP contribution in [0, 0.1) is 0 Å². The molecule has 1 aliphatic heterocycles. The third-order valence-electron chi connectivity index (χ3n) is 2.42. The SMILES string of the molecule is NC[C@@H]1CCc2ccccc2N1. The summed E-state index contributed by atoms with van der Waals surface area (Å²) < 4.78 is 0. The number of nitrogens with two attached hydrogens (primary N) is 1. The van der Waals surface area contributed by atoms with E-state index in [-0.39, 0.29) is 0 Å². The first kappa shape index (κ1) is 7.62. The van der Waals surface area contributed by atoms with Gasteiger partial charge in [-0.2, -0.15) is 0 Å². The number of rotatable bonds is 1. The van der Waals surface area contributed by atoms with Crippen LogP contribution in [0.2, 0.25) is 0 Å². The van der Waals surface area contributed by atoms with Gasteiger partial charge in [-0.1, -0.05) is 18.2 Å². The first-order valence-electron chi connectivity index (χ1n) is 4.44. The lowest BCUT2D eigenvalue weighted by Gasteiger charge is -2.25. The van der Waals surface area contributed by atoms with Crippen molar-refractivity contribution in [2.75, 3.05) is 11.9 Å². The van der Waals surface area contributed by atoms with Gasteiger partial charge in [-0.15, -0.1) is 0 Å². The highest BCUT2D eigenvalue weighted by Gasteiger charge is 2.14. The van der Waals surface area contributed by atoms with Crippen LogP contribution >= 0.6 is 0 Å². The van der Waals surface area contributed by atoms with Crippen LogP contribution in [0.5, 0.6) is 0 Å². The van der Waals surface area contributed by atoms with E-state index in [0.717, 1.165) is 19.4 Å². The Kier molecular flexibility index (Phi) is 2.00. The van der Waals surface area contributed by atoms with Gasteiger partial charge in [-0.05, 0) is 24.5 Å². The van der Waals surface area contributed by atoms with E-state index in [1.54, 1.807) is 0 Å². The average molecular weight is 162 g/mol. The predicted octanol–water partition coefficient (Wildman–Crippen LogP) is 1.37. The first-order valence-corrected chi connectivity index (χ1v) is 4.44. The number of fused-ring (bicyclic) bond motifs is 1. The molecule has 2 heteroatoms. The average Bonchev–Trinajstić information content (AvgIpc) is 2.17. The van der Waals surface area contributed by atoms with Gasteiger partial charge in [0.25, 0.3) is 0 Å². The molecule has 0 amide bonds. The zero-order valence-corrected chi connectivity index (χ0v) is 7.09. The lowest BCUT2D eigenvalue weighted by atomic mass is 9.98. The fourth-order valence-electron chi connectivity index (χ4n) is 1.68. The molecule has 1 aromatic carbocycles. The van der Waals surface area contributed by atoms with E-state index < -0.39 is 0 Å². The van der Waals surface area contributed by atoms with Crippen molar-refractivity contribution in [1.82, 2.24) is 0 Å². The zero-order valence-electron chi connectivity index (χ0n) is 7.09. The zero-order chi connectivity index (χ0) is 8.39. The largest absolute Gasteiger partial charge is 0.381 e. The molecule has 12 heavy (non-hydrogen) atoms. The lowest BCUT2D eigenvalue weighted by molar-refractivity contribution is 0.639. The number of hydrogen-bond acceptors (Lipinski definition) is 2. The minimum atomic E-state index is 0.472. The number of hydrogen-bond donors (Lipinski definition) is 2. The topological polar surface area (TPSA) is 38.0 Å². The van der Waals surface area contributed by atoms with Crippen LogP contribution < -0.4 is 11.1 Å². The van der Waals surface area contributed by atoms with E-state index in [1.165, 1.54) is 11.3 Å². The van der Waals surface area contributed by atoms with E-state index >= 15 is 0 Å². The molecule has 0 fully saturated rings. The number of anilines is 1. The summed E-state index contributed by atoms with van der Waals surface area (Å²) in [6.07, 6.45) is 2.32. The van der Waals surface area contributed by atoms with Crippen molar-refractivity contribution >= 4 is 5.69 Å². The molecule has 2 rings (SSSR count). The summed E-state index contributed by atoms with van der Waals surface area (Å²) in [7, 11) is 0. The standard InChI is InChI=1S/C10H14N2/c11-7-9-6-5-8-3-1-2-4-10(8)12-9/h1-4,9,12H,5-7,11H2/t9-/m0/s1. The Morgan fingerprint density at radius 3 is 3.08 bits per heavy atom. The second-order valence-corrected chi connectivity index (χ2v) is 3.27. The van der Waals surface area contributed by atoms with E-state index in [2.05, 4.69) is 29.6 Å². The van der Waals surface area contributed by atoms with E-state index in [4.69, 9.17) is 5.73 Å². The van der Waals surface area contributed by atoms with Crippen molar-refractivity contribution in [3.63, 3.8) is 0 Å². The summed E-state index contributed by atoms with van der Waals surface area (Å²) in [5.41, 5.74) is 8.28. The van der Waals surface area contributed by atoms with Gasteiger partial charge in [-0.25, -0.2) is 0 Å². The molecule has 0 radical (unpaired) electrons. The molecule has 2 nitrogen and oxygen atoms in total. The maximum Gasteiger partial charge on any atom is 0.0387 e. The predicted molar refractivity (Wildman–Crippen MR) is 51.2 cm³/mol. The van der Waals surface area contributed by atoms with Crippen molar-refractivity contribution < 1.29 is 0 Å². The van der Waals surface area contributed by atoms with Crippen LogP contribution in [0.1, 0.15) is 12.0 Å². The molecular weight excluding hydrogens is 148 g/mol. The van der Waals surface area contributed by atoms with Crippen molar-refractivity contribution in [3.8, 4) is 0 Å². The molecule has 0 spiro atoms. The van der Waals surface area contributed by atoms with Crippen molar-refractivity contribution in [3.05, 3.63) is 29.8 Å². The fourth-order valence-corrected chi connectivity index (χ4v) is 1.68. The normalized spacial score (nSPS) is 21.2. The highest BCUT2D eigenvalue weighted by Crippen LogP contribution is 2.23. The number of benzene rings is 1. The number of aryl methyl sites for hydroxylation is 1. The molecule has 3 N–H and O–H groups in total. The van der Waals surface area contributed by atoms with Gasteiger partial charge >= 0.3 is 0 Å². The molecule has 64 valence electrons. The molecule has 0 aliphatic carbocycles. The Morgan fingerprint density at radius 1 is 1.42 bits per heavy atom. The summed E-state index contributed by atoms with van der Waals surface area (Å²) in [6.45, 7) is 0.730. The molecule has 1 aromatic rings. The Morgan fingerprint density at radius 2 is 2.25 bits per heavy atom. The molecule has 0 saturated carbocycles. The highest BCUT2D eigenvalue weighted by molar-refractivity contribution is 5.53. The summed E-state index contributed by atoms with van der Waals surface area (Å²) in [4.78, 5) is 0. The third kappa shape index (κ3) is 1.30. The van der Waals surface area contributed by atoms with Crippen LogP contribution in [0.3, 0.4) is 0 Å². The lowest BCUT2D eigenvalue weighted by Crippen LogP contribution is -2.32. The monoisotopic (exact) mass is 162 g/mol. The van der Waals surface area contributed by atoms with E-state index in [1.807, 2.05) is 0 Å². The minimum absolute atomic E-state index is 0.472. The molecule has 1 heterocycles. The summed E-state index contributed by atoms with van der Waals surface area (Å²) in [5, 5.41) is 3.42. The molecule has 0 saturated heterocycles. The van der Waals surface area contributed by atoms with Gasteiger partial charge in [0, 0.05) is 18.3 Å². The smallest absolute Gasteiger partial charge is 0.0387 e. The van der Waals surface area contributed by atoms with Crippen LogP contribution in [-0.4, -0.2) is 12.6 Å². The molecule has 0 unspecified atom stereocenters. The van der Waals surface area contributed by atoms with E-state index in [0.29, 0.717) is 6.04 Å². The maximum atomic E-state index is 5.60. The van der Waals surface area contributed by atoms with Gasteiger partial charge in [0.1, 0.15) is 0 Å². The second kappa shape index (κ2) is 3.15. The molecule has 0 aromatic heterocycles. The molecule has 0 bridgehead atoms. The van der Waals surface area contributed by atoms with Crippen LogP contribution in [0.4, 0.5) is 5.69 Å². The fraction of sp³-hybridized carbons (Fsp3) is 0.400. The van der Waals surface area contributed by atoms with Crippen molar-refractivity contribution in [2.45, 2.75) is 18.9 Å². The summed E-state index contributed by atoms with van der Waals surface area (Å²) in [6, 6.07) is 8.92. The number of para-hydroxylation sites is 1. The van der Waals surface area contributed by atoms with Crippen LogP contribution in [-0.2, 0) is 6.42 Å². The minimum Gasteiger partial charge on any atom is -0.381 e. The second-order valence-electron chi connectivity index (χ2n) is 3.27. The highest BCUT2D eigenvalue weighted by atomic mass is 14.9. The maximum absolute atomic E-state index is 5.60. The quantitative estimate of drug-likeness (QED) is 0.654. The van der Waals surface area contributed by atoms with Gasteiger partial charge in [-0.3, -0.25) is 0 Å². The molecular formula is C10H14N2. The van der Waals surface area contributed by atoms with Crippen molar-refractivity contribution in [1.29, 1.82) is 0 Å². The Balaban J connectivity index is 2.23. The van der Waals surface area contributed by atoms with E-state index in [9.17, 15) is 0 Å². The van der Waals surface area contributed by atoms with Crippen LogP contribution in [0.25, 0.3) is 0 Å². The van der Waals surface area contributed by atoms with Crippen molar-refractivity contribution in [2.24, 2.45) is 5.73 Å². The van der Waals surface area contributed by atoms with Gasteiger partial charge in [0.05, 0.1) is 0 Å². The molecule has 1 aliphatic rings. The number of nitrogens with one attached hydrogen (secondary N) is 1. The summed E-state index contributed by atoms with van der Waals surface area (Å²) in [5.74, 6) is 0. The first-order chi connectivity index (χ1) is 5.90. The Labute approximate surface area is 72.8 Å². The summed E-state index contributed by atoms with van der Waals surface area (Å²) >= 11 is 0. The van der Waals surface area contributed by atoms with Gasteiger partial charge in [0.15, 0.2) is 0 Å². The third-order valence-corrected chi connectivity index (χ3v) is 2.42. The van der Waals surface area contributed by atoms with Crippen LogP contribution in [0.15, 0.2) is 24.3 Å². The van der Waals surface area contributed by atoms with Gasteiger partial charge in [0.2, 0.25) is 0 Å². The molecule has 1 atom stereocenters. The Bertz CT molecular complexity index is 270. The van der Waals surface area contributed by atoms with Gasteiger partial charge < -0.3 is 11.1 Å². The Hall–Kier alpha value is -1.02.